The van der Waals surface area contributed by atoms with Crippen LogP contribution >= 0.6 is 0 Å². The van der Waals surface area contributed by atoms with Crippen molar-refractivity contribution in [3.8, 4) is 5.75 Å². The van der Waals surface area contributed by atoms with Crippen LogP contribution in [0.15, 0.2) is 71.3 Å². The van der Waals surface area contributed by atoms with Gasteiger partial charge in [-0.25, -0.2) is 0 Å². The van der Waals surface area contributed by atoms with E-state index in [9.17, 15) is 9.90 Å². The number of ether oxygens (including phenoxy) is 1. The Hall–Kier alpha value is -3.09. The molecule has 4 rings (SSSR count). The van der Waals surface area contributed by atoms with Crippen LogP contribution in [0.1, 0.15) is 21.7 Å². The topological polar surface area (TPSA) is 74.9 Å². The molecule has 1 aromatic heterocycles. The second-order valence-electron chi connectivity index (χ2n) is 7.18. The van der Waals surface area contributed by atoms with Crippen LogP contribution in [-0.2, 0) is 13.0 Å². The predicted octanol–water partition coefficient (Wildman–Crippen LogP) is 3.33. The largest absolute Gasteiger partial charge is 0.491 e. The SMILES string of the molecule is O=C(Nc1cccc(OCC(O)CN2CCc3ccccc3C2)c1)c1ccco1. The predicted molar refractivity (Wildman–Crippen MR) is 110 cm³/mol. The number of aliphatic hydroxyl groups is 1. The van der Waals surface area contributed by atoms with Crippen molar-refractivity contribution in [3.05, 3.63) is 83.8 Å². The van der Waals surface area contributed by atoms with Gasteiger partial charge in [-0.15, -0.1) is 0 Å². The van der Waals surface area contributed by atoms with Gasteiger partial charge in [0.15, 0.2) is 5.76 Å². The number of rotatable bonds is 7. The van der Waals surface area contributed by atoms with Crippen LogP contribution in [-0.4, -0.2) is 41.7 Å². The number of carbonyl (C=O) groups is 1. The quantitative estimate of drug-likeness (QED) is 0.645. The lowest BCUT2D eigenvalue weighted by Gasteiger charge is -2.30. The molecule has 0 fully saturated rings. The number of furan rings is 1. The van der Waals surface area contributed by atoms with Gasteiger partial charge in [-0.2, -0.15) is 0 Å². The summed E-state index contributed by atoms with van der Waals surface area (Å²) < 4.78 is 10.8. The van der Waals surface area contributed by atoms with Gasteiger partial charge in [-0.1, -0.05) is 30.3 Å². The van der Waals surface area contributed by atoms with Gasteiger partial charge in [0.25, 0.3) is 5.91 Å². The highest BCUT2D eigenvalue weighted by Gasteiger charge is 2.18. The van der Waals surface area contributed by atoms with Gasteiger partial charge in [0.05, 0.1) is 6.26 Å². The van der Waals surface area contributed by atoms with Gasteiger partial charge < -0.3 is 19.6 Å². The lowest BCUT2D eigenvalue weighted by molar-refractivity contribution is 0.0638. The standard InChI is InChI=1S/C23H24N2O4/c26-20(15-25-11-10-17-5-1-2-6-18(17)14-25)16-29-21-8-3-7-19(13-21)24-23(27)22-9-4-12-28-22/h1-9,12-13,20,26H,10-11,14-16H2,(H,24,27). The molecular formula is C23H24N2O4. The molecule has 0 saturated carbocycles. The molecule has 1 amide bonds. The highest BCUT2D eigenvalue weighted by atomic mass is 16.5. The van der Waals surface area contributed by atoms with E-state index >= 15 is 0 Å². The van der Waals surface area contributed by atoms with Gasteiger partial charge in [0, 0.05) is 31.4 Å². The minimum absolute atomic E-state index is 0.188. The van der Waals surface area contributed by atoms with Crippen molar-refractivity contribution in [2.75, 3.05) is 25.0 Å². The number of nitrogens with zero attached hydrogens (tertiary/aromatic N) is 1. The van der Waals surface area contributed by atoms with Crippen molar-refractivity contribution in [3.63, 3.8) is 0 Å². The first-order valence-electron chi connectivity index (χ1n) is 9.72. The number of aliphatic hydroxyl groups excluding tert-OH is 1. The van der Waals surface area contributed by atoms with Gasteiger partial charge in [0.2, 0.25) is 0 Å². The summed E-state index contributed by atoms with van der Waals surface area (Å²) in [4.78, 5) is 14.3. The molecule has 3 aromatic rings. The summed E-state index contributed by atoms with van der Waals surface area (Å²) in [5.41, 5.74) is 3.32. The van der Waals surface area contributed by atoms with Crippen LogP contribution < -0.4 is 10.1 Å². The van der Waals surface area contributed by atoms with Crippen molar-refractivity contribution < 1.29 is 19.1 Å². The molecule has 6 heteroatoms. The summed E-state index contributed by atoms with van der Waals surface area (Å²) in [6.07, 6.45) is 1.86. The number of benzene rings is 2. The Bertz CT molecular complexity index is 955. The molecule has 29 heavy (non-hydrogen) atoms. The molecule has 0 bridgehead atoms. The molecule has 1 aliphatic heterocycles. The number of nitrogens with one attached hydrogen (secondary N) is 1. The summed E-state index contributed by atoms with van der Waals surface area (Å²) >= 11 is 0. The first-order valence-corrected chi connectivity index (χ1v) is 9.72. The molecule has 2 aromatic carbocycles. The van der Waals surface area contributed by atoms with E-state index in [0.29, 0.717) is 18.0 Å². The number of amides is 1. The molecule has 2 N–H and O–H groups in total. The Morgan fingerprint density at radius 3 is 2.83 bits per heavy atom. The van der Waals surface area contributed by atoms with E-state index in [0.717, 1.165) is 19.5 Å². The summed E-state index contributed by atoms with van der Waals surface area (Å²) in [6.45, 7) is 2.53. The first-order chi connectivity index (χ1) is 14.2. The van der Waals surface area contributed by atoms with Crippen molar-refractivity contribution in [2.45, 2.75) is 19.1 Å². The third-order valence-corrected chi connectivity index (χ3v) is 4.96. The van der Waals surface area contributed by atoms with Crippen LogP contribution in [0.3, 0.4) is 0 Å². The van der Waals surface area contributed by atoms with E-state index in [1.807, 2.05) is 0 Å². The Balaban J connectivity index is 1.27. The maximum absolute atomic E-state index is 12.1. The van der Waals surface area contributed by atoms with E-state index in [2.05, 4.69) is 34.5 Å². The zero-order chi connectivity index (χ0) is 20.1. The average Bonchev–Trinajstić information content (AvgIpc) is 3.28. The van der Waals surface area contributed by atoms with Gasteiger partial charge in [-0.05, 0) is 41.8 Å². The van der Waals surface area contributed by atoms with Crippen molar-refractivity contribution >= 4 is 11.6 Å². The van der Waals surface area contributed by atoms with Crippen LogP contribution in [0.4, 0.5) is 5.69 Å². The van der Waals surface area contributed by atoms with Crippen molar-refractivity contribution in [1.29, 1.82) is 0 Å². The van der Waals surface area contributed by atoms with Crippen LogP contribution in [0.25, 0.3) is 0 Å². The molecule has 0 spiro atoms. The molecule has 0 radical (unpaired) electrons. The highest BCUT2D eigenvalue weighted by Crippen LogP contribution is 2.20. The minimum Gasteiger partial charge on any atom is -0.491 e. The first kappa shape index (κ1) is 19.2. The van der Waals surface area contributed by atoms with E-state index in [-0.39, 0.29) is 18.3 Å². The number of hydrogen-bond donors (Lipinski definition) is 2. The van der Waals surface area contributed by atoms with Crippen molar-refractivity contribution in [2.24, 2.45) is 0 Å². The Morgan fingerprint density at radius 1 is 1.14 bits per heavy atom. The monoisotopic (exact) mass is 392 g/mol. The third kappa shape index (κ3) is 5.04. The molecule has 6 nitrogen and oxygen atoms in total. The second kappa shape index (κ2) is 8.94. The average molecular weight is 392 g/mol. The number of carbonyl (C=O) groups excluding carboxylic acids is 1. The fourth-order valence-electron chi connectivity index (χ4n) is 3.52. The molecule has 1 aliphatic rings. The van der Waals surface area contributed by atoms with Crippen LogP contribution in [0.2, 0.25) is 0 Å². The van der Waals surface area contributed by atoms with Gasteiger partial charge >= 0.3 is 0 Å². The smallest absolute Gasteiger partial charge is 0.291 e. The maximum atomic E-state index is 12.1. The summed E-state index contributed by atoms with van der Waals surface area (Å²) in [5.74, 6) is 0.512. The van der Waals surface area contributed by atoms with E-state index in [1.54, 1.807) is 36.4 Å². The fraction of sp³-hybridized carbons (Fsp3) is 0.261. The molecule has 0 aliphatic carbocycles. The lowest BCUT2D eigenvalue weighted by atomic mass is 10.00. The van der Waals surface area contributed by atoms with E-state index < -0.39 is 6.10 Å². The zero-order valence-corrected chi connectivity index (χ0v) is 16.1. The van der Waals surface area contributed by atoms with Crippen LogP contribution in [0, 0.1) is 0 Å². The Kier molecular flexibility index (Phi) is 5.93. The van der Waals surface area contributed by atoms with Crippen LogP contribution in [0.5, 0.6) is 5.75 Å². The molecule has 1 unspecified atom stereocenters. The minimum atomic E-state index is -0.596. The molecule has 0 saturated heterocycles. The summed E-state index contributed by atoms with van der Waals surface area (Å²) in [6, 6.07) is 18.8. The molecule has 2 heterocycles. The normalized spacial score (nSPS) is 14.8. The van der Waals surface area contributed by atoms with Crippen molar-refractivity contribution in [1.82, 2.24) is 4.90 Å². The number of fused-ring (bicyclic) bond motifs is 1. The highest BCUT2D eigenvalue weighted by molar-refractivity contribution is 6.02. The molecular weight excluding hydrogens is 368 g/mol. The van der Waals surface area contributed by atoms with E-state index in [1.165, 1.54) is 17.4 Å². The molecule has 150 valence electrons. The van der Waals surface area contributed by atoms with Gasteiger partial charge in [-0.3, -0.25) is 9.69 Å². The third-order valence-electron chi connectivity index (χ3n) is 4.96. The molecule has 1 atom stereocenters. The van der Waals surface area contributed by atoms with E-state index in [4.69, 9.17) is 9.15 Å². The maximum Gasteiger partial charge on any atom is 0.291 e. The number of hydrogen-bond acceptors (Lipinski definition) is 5. The second-order valence-corrected chi connectivity index (χ2v) is 7.18. The Labute approximate surface area is 169 Å². The fourth-order valence-corrected chi connectivity index (χ4v) is 3.52. The number of anilines is 1. The summed E-state index contributed by atoms with van der Waals surface area (Å²) in [5, 5.41) is 13.2. The number of β-amino-alcohol motifs (C(OH)–C–C–N with tert-alkyl or cyclic N) is 1. The zero-order valence-electron chi connectivity index (χ0n) is 16.1. The summed E-state index contributed by atoms with van der Waals surface area (Å²) in [7, 11) is 0. The van der Waals surface area contributed by atoms with Gasteiger partial charge in [0.1, 0.15) is 18.5 Å². The Morgan fingerprint density at radius 2 is 2.00 bits per heavy atom. The lowest BCUT2D eigenvalue weighted by Crippen LogP contribution is -2.38.